The first-order valence-electron chi connectivity index (χ1n) is 15.7. The van der Waals surface area contributed by atoms with E-state index >= 15 is 0 Å². The molecule has 10 rings (SSSR count). The zero-order valence-electron chi connectivity index (χ0n) is 25.2. The molecule has 4 heterocycles. The average molecular weight is 603 g/mol. The highest BCUT2D eigenvalue weighted by molar-refractivity contribution is 6.23. The molecular formula is C42H26N4O. The van der Waals surface area contributed by atoms with E-state index in [1.165, 1.54) is 0 Å². The van der Waals surface area contributed by atoms with Crippen molar-refractivity contribution in [1.82, 2.24) is 14.1 Å². The van der Waals surface area contributed by atoms with Crippen LogP contribution in [0.2, 0.25) is 0 Å². The molecule has 5 heteroatoms. The van der Waals surface area contributed by atoms with Crippen LogP contribution in [0.3, 0.4) is 0 Å². The molecule has 5 nitrogen and oxygen atoms in total. The van der Waals surface area contributed by atoms with Crippen molar-refractivity contribution in [2.45, 2.75) is 0 Å². The Kier molecular flexibility index (Phi) is 5.51. The second-order valence-corrected chi connectivity index (χ2v) is 11.8. The highest BCUT2D eigenvalue weighted by atomic mass is 16.3. The number of furan rings is 1. The molecule has 10 aromatic rings. The van der Waals surface area contributed by atoms with Gasteiger partial charge in [-0.05, 0) is 54.6 Å². The minimum atomic E-state index is 0.847. The highest BCUT2D eigenvalue weighted by Crippen LogP contribution is 2.40. The van der Waals surface area contributed by atoms with Crippen molar-refractivity contribution in [3.8, 4) is 28.5 Å². The standard InChI is InChI=1S/C42H26N4O/c1-2-13-28(14-3-1)44-27-45(37-22-10-9-21-36(37)44)34-19-7-4-16-31(34)33-18-12-24-40(43-33)46-35-20-8-5-17-32(35)41-38(46)26-25-30-29-15-6-11-23-39(29)47-42(30)41/h1-26H. The van der Waals surface area contributed by atoms with Crippen molar-refractivity contribution < 1.29 is 8.98 Å². The summed E-state index contributed by atoms with van der Waals surface area (Å²) in [5.41, 5.74) is 10.1. The third kappa shape index (κ3) is 3.83. The predicted octanol–water partition coefficient (Wildman–Crippen LogP) is 9.77. The maximum Gasteiger partial charge on any atom is 0.269 e. The molecule has 0 spiro atoms. The molecule has 0 bridgehead atoms. The normalized spacial score (nSPS) is 11.8. The summed E-state index contributed by atoms with van der Waals surface area (Å²) in [6.45, 7) is 0. The largest absolute Gasteiger partial charge is 0.455 e. The van der Waals surface area contributed by atoms with Crippen LogP contribution in [0.15, 0.2) is 162 Å². The summed E-state index contributed by atoms with van der Waals surface area (Å²) in [4.78, 5) is 5.34. The Hall–Kier alpha value is -6.46. The number of para-hydroxylation sites is 6. The van der Waals surface area contributed by atoms with Gasteiger partial charge in [0.1, 0.15) is 17.0 Å². The summed E-state index contributed by atoms with van der Waals surface area (Å²) in [7, 11) is 0. The van der Waals surface area contributed by atoms with Crippen LogP contribution in [0.5, 0.6) is 0 Å². The lowest BCUT2D eigenvalue weighted by atomic mass is 10.1. The molecule has 6 aromatic carbocycles. The predicted molar refractivity (Wildman–Crippen MR) is 188 cm³/mol. The number of aromatic nitrogens is 4. The Morgan fingerprint density at radius 1 is 0.553 bits per heavy atom. The Morgan fingerprint density at radius 2 is 1.30 bits per heavy atom. The highest BCUT2D eigenvalue weighted by Gasteiger charge is 2.20. The van der Waals surface area contributed by atoms with Crippen LogP contribution in [0.25, 0.3) is 83.2 Å². The minimum absolute atomic E-state index is 0.847. The molecular weight excluding hydrogens is 576 g/mol. The summed E-state index contributed by atoms with van der Waals surface area (Å²) in [6, 6.07) is 54.6. The van der Waals surface area contributed by atoms with E-state index in [1.54, 1.807) is 0 Å². The van der Waals surface area contributed by atoms with Gasteiger partial charge in [-0.1, -0.05) is 103 Å². The molecule has 0 N–H and O–H groups in total. The van der Waals surface area contributed by atoms with Crippen LogP contribution in [0, 0.1) is 6.33 Å². The van der Waals surface area contributed by atoms with Gasteiger partial charge in [0.2, 0.25) is 0 Å². The van der Waals surface area contributed by atoms with Crippen LogP contribution in [-0.4, -0.2) is 14.1 Å². The van der Waals surface area contributed by atoms with Crippen LogP contribution in [0.1, 0.15) is 0 Å². The first kappa shape index (κ1) is 25.8. The number of imidazole rings is 1. The second-order valence-electron chi connectivity index (χ2n) is 11.8. The van der Waals surface area contributed by atoms with Gasteiger partial charge in [-0.25, -0.2) is 4.98 Å². The lowest BCUT2D eigenvalue weighted by Crippen LogP contribution is -2.30. The Balaban J connectivity index is 1.19. The van der Waals surface area contributed by atoms with Crippen LogP contribution >= 0.6 is 0 Å². The summed E-state index contributed by atoms with van der Waals surface area (Å²) < 4.78 is 13.0. The molecule has 47 heavy (non-hydrogen) atoms. The van der Waals surface area contributed by atoms with Crippen molar-refractivity contribution in [3.05, 3.63) is 164 Å². The van der Waals surface area contributed by atoms with E-state index in [2.05, 4.69) is 160 Å². The maximum atomic E-state index is 6.51. The Labute approximate surface area is 269 Å². The Bertz CT molecular complexity index is 2800. The van der Waals surface area contributed by atoms with Gasteiger partial charge in [-0.3, -0.25) is 13.7 Å². The summed E-state index contributed by atoms with van der Waals surface area (Å²) >= 11 is 0. The zero-order chi connectivity index (χ0) is 30.9. The number of pyridine rings is 1. The molecule has 0 saturated heterocycles. The molecule has 0 unspecified atom stereocenters. The van der Waals surface area contributed by atoms with Gasteiger partial charge in [0.15, 0.2) is 0 Å². The van der Waals surface area contributed by atoms with Crippen LogP contribution in [0.4, 0.5) is 0 Å². The van der Waals surface area contributed by atoms with Gasteiger partial charge in [0, 0.05) is 21.7 Å². The molecule has 0 aliphatic carbocycles. The lowest BCUT2D eigenvalue weighted by Gasteiger charge is -2.13. The molecule has 0 saturated carbocycles. The van der Waals surface area contributed by atoms with Crippen molar-refractivity contribution in [3.63, 3.8) is 0 Å². The fourth-order valence-electron chi connectivity index (χ4n) is 7.07. The van der Waals surface area contributed by atoms with Gasteiger partial charge in [0.05, 0.1) is 44.5 Å². The lowest BCUT2D eigenvalue weighted by molar-refractivity contribution is -0.571. The summed E-state index contributed by atoms with van der Waals surface area (Å²) in [5, 5.41) is 4.48. The fraction of sp³-hybridized carbons (Fsp3) is 0. The van der Waals surface area contributed by atoms with E-state index in [0.717, 1.165) is 83.2 Å². The average Bonchev–Trinajstić information content (AvgIpc) is 3.82. The van der Waals surface area contributed by atoms with Crippen molar-refractivity contribution in [2.75, 3.05) is 0 Å². The van der Waals surface area contributed by atoms with Crippen molar-refractivity contribution in [1.29, 1.82) is 0 Å². The minimum Gasteiger partial charge on any atom is -0.455 e. The van der Waals surface area contributed by atoms with Crippen LogP contribution < -0.4 is 4.57 Å². The van der Waals surface area contributed by atoms with Gasteiger partial charge >= 0.3 is 0 Å². The number of hydrogen-bond donors (Lipinski definition) is 0. The maximum absolute atomic E-state index is 6.51. The first-order chi connectivity index (χ1) is 23.3. The molecule has 0 aliphatic rings. The third-order valence-corrected chi connectivity index (χ3v) is 9.14. The summed E-state index contributed by atoms with van der Waals surface area (Å²) in [6.07, 6.45) is 3.64. The third-order valence-electron chi connectivity index (χ3n) is 9.14. The van der Waals surface area contributed by atoms with Gasteiger partial charge in [-0.2, -0.15) is 0 Å². The molecule has 4 aromatic heterocycles. The molecule has 220 valence electrons. The topological polar surface area (TPSA) is 39.8 Å². The van der Waals surface area contributed by atoms with E-state index in [1.807, 2.05) is 18.2 Å². The number of hydrogen-bond acceptors (Lipinski definition) is 2. The van der Waals surface area contributed by atoms with E-state index in [-0.39, 0.29) is 0 Å². The molecule has 0 radical (unpaired) electrons. The Morgan fingerprint density at radius 3 is 2.21 bits per heavy atom. The van der Waals surface area contributed by atoms with E-state index in [9.17, 15) is 0 Å². The fourth-order valence-corrected chi connectivity index (χ4v) is 7.07. The quantitative estimate of drug-likeness (QED) is 0.149. The molecule has 0 amide bonds. The zero-order valence-corrected chi connectivity index (χ0v) is 25.2. The molecule has 0 fully saturated rings. The number of rotatable bonds is 4. The van der Waals surface area contributed by atoms with E-state index in [4.69, 9.17) is 9.40 Å². The van der Waals surface area contributed by atoms with E-state index in [0.29, 0.717) is 0 Å². The summed E-state index contributed by atoms with van der Waals surface area (Å²) in [5.74, 6) is 0.847. The number of benzene rings is 6. The molecule has 0 aliphatic heterocycles. The second kappa shape index (κ2) is 10.0. The smallest absolute Gasteiger partial charge is 0.269 e. The van der Waals surface area contributed by atoms with Crippen molar-refractivity contribution in [2.24, 2.45) is 0 Å². The first-order valence-corrected chi connectivity index (χ1v) is 15.7. The van der Waals surface area contributed by atoms with Gasteiger partial charge < -0.3 is 4.42 Å². The number of fused-ring (bicyclic) bond motifs is 8. The van der Waals surface area contributed by atoms with Crippen LogP contribution in [-0.2, 0) is 0 Å². The molecule has 0 atom stereocenters. The SMILES string of the molecule is [c-]1n(-c2ccccc2)c2ccccc2[n+]1-c1ccccc1-c1cccc(-n2c3ccccc3c3c4oc5ccccc5c4ccc32)n1. The number of nitrogens with zero attached hydrogens (tertiary/aromatic N) is 4. The monoisotopic (exact) mass is 602 g/mol. The van der Waals surface area contributed by atoms with Crippen molar-refractivity contribution >= 4 is 54.8 Å². The van der Waals surface area contributed by atoms with Gasteiger partial charge in [-0.15, -0.1) is 0 Å². The van der Waals surface area contributed by atoms with E-state index < -0.39 is 0 Å². The van der Waals surface area contributed by atoms with Gasteiger partial charge in [0.25, 0.3) is 6.33 Å².